The van der Waals surface area contributed by atoms with Crippen LogP contribution in [0.4, 0.5) is 5.82 Å². The lowest BCUT2D eigenvalue weighted by Gasteiger charge is -1.88. The van der Waals surface area contributed by atoms with Gasteiger partial charge in [0.2, 0.25) is 5.71 Å². The van der Waals surface area contributed by atoms with Crippen LogP contribution in [0.25, 0.3) is 11.1 Å². The fourth-order valence-corrected chi connectivity index (χ4v) is 0.861. The topological polar surface area (TPSA) is 85.2 Å². The standard InChI is InChI=1S/C6H5N3O2/c7-5-3-1-4(10)11-6(3)9-2-8-5/h1-2,10H,(H2,7,8,9). The van der Waals surface area contributed by atoms with Gasteiger partial charge in [0.1, 0.15) is 12.1 Å². The number of anilines is 1. The fraction of sp³-hybridized carbons (Fsp3) is 0. The molecule has 0 amide bonds. The summed E-state index contributed by atoms with van der Waals surface area (Å²) < 4.78 is 4.77. The molecule has 0 aliphatic rings. The number of nitrogen functional groups attached to an aromatic ring is 1. The van der Waals surface area contributed by atoms with Crippen LogP contribution in [0.15, 0.2) is 16.8 Å². The van der Waals surface area contributed by atoms with Crippen LogP contribution in [0.2, 0.25) is 0 Å². The van der Waals surface area contributed by atoms with Gasteiger partial charge in [0.15, 0.2) is 0 Å². The molecule has 0 aromatic carbocycles. The number of rotatable bonds is 0. The molecule has 0 radical (unpaired) electrons. The first-order valence-electron chi connectivity index (χ1n) is 2.96. The number of fused-ring (bicyclic) bond motifs is 1. The van der Waals surface area contributed by atoms with Gasteiger partial charge >= 0.3 is 0 Å². The van der Waals surface area contributed by atoms with Gasteiger partial charge in [0.05, 0.1) is 5.39 Å². The number of hydrogen-bond acceptors (Lipinski definition) is 5. The minimum atomic E-state index is -0.202. The third-order valence-corrected chi connectivity index (χ3v) is 1.35. The average Bonchev–Trinajstić information content (AvgIpc) is 2.31. The quantitative estimate of drug-likeness (QED) is 0.573. The third kappa shape index (κ3) is 0.778. The highest BCUT2D eigenvalue weighted by molar-refractivity contribution is 5.84. The first-order chi connectivity index (χ1) is 5.27. The average molecular weight is 151 g/mol. The van der Waals surface area contributed by atoms with Crippen molar-refractivity contribution in [3.63, 3.8) is 0 Å². The molecule has 0 aliphatic carbocycles. The predicted octanol–water partition coefficient (Wildman–Crippen LogP) is 0.511. The van der Waals surface area contributed by atoms with E-state index in [1.165, 1.54) is 12.4 Å². The third-order valence-electron chi connectivity index (χ3n) is 1.35. The molecule has 56 valence electrons. The summed E-state index contributed by atoms with van der Waals surface area (Å²) in [7, 11) is 0. The zero-order chi connectivity index (χ0) is 7.84. The smallest absolute Gasteiger partial charge is 0.284 e. The SMILES string of the molecule is Nc1ncnc2oc(O)cc12. The molecular weight excluding hydrogens is 146 g/mol. The van der Waals surface area contributed by atoms with Crippen LogP contribution in [0.3, 0.4) is 0 Å². The molecule has 2 aromatic rings. The van der Waals surface area contributed by atoms with Gasteiger partial charge in [-0.05, 0) is 0 Å². The monoisotopic (exact) mass is 151 g/mol. The van der Waals surface area contributed by atoms with Gasteiger partial charge in [0.25, 0.3) is 5.95 Å². The lowest BCUT2D eigenvalue weighted by Crippen LogP contribution is -1.89. The molecule has 2 aromatic heterocycles. The first kappa shape index (κ1) is 5.96. The van der Waals surface area contributed by atoms with Crippen molar-refractivity contribution in [2.24, 2.45) is 0 Å². The molecular formula is C6H5N3O2. The maximum absolute atomic E-state index is 8.89. The highest BCUT2D eigenvalue weighted by Gasteiger charge is 2.05. The van der Waals surface area contributed by atoms with Crippen molar-refractivity contribution in [1.29, 1.82) is 0 Å². The number of hydrogen-bond donors (Lipinski definition) is 2. The summed E-state index contributed by atoms with van der Waals surface area (Å²) in [6.45, 7) is 0. The van der Waals surface area contributed by atoms with E-state index < -0.39 is 0 Å². The van der Waals surface area contributed by atoms with Crippen molar-refractivity contribution in [3.05, 3.63) is 12.4 Å². The normalized spacial score (nSPS) is 10.5. The molecule has 0 fully saturated rings. The Balaban J connectivity index is 2.90. The van der Waals surface area contributed by atoms with Crippen molar-refractivity contribution in [1.82, 2.24) is 9.97 Å². The van der Waals surface area contributed by atoms with Gasteiger partial charge in [-0.15, -0.1) is 0 Å². The van der Waals surface area contributed by atoms with Crippen LogP contribution in [-0.2, 0) is 0 Å². The molecule has 0 unspecified atom stereocenters. The maximum atomic E-state index is 8.89. The van der Waals surface area contributed by atoms with Gasteiger partial charge in [-0.1, -0.05) is 0 Å². The summed E-state index contributed by atoms with van der Waals surface area (Å²) in [5.41, 5.74) is 5.75. The van der Waals surface area contributed by atoms with Crippen LogP contribution in [0.5, 0.6) is 5.95 Å². The summed E-state index contributed by atoms with van der Waals surface area (Å²) >= 11 is 0. The van der Waals surface area contributed by atoms with E-state index in [0.717, 1.165) is 0 Å². The molecule has 0 bridgehead atoms. The van der Waals surface area contributed by atoms with Gasteiger partial charge in [-0.3, -0.25) is 0 Å². The minimum Gasteiger partial charge on any atom is -0.481 e. The van der Waals surface area contributed by atoms with Gasteiger partial charge in [-0.2, -0.15) is 0 Å². The van der Waals surface area contributed by atoms with E-state index in [1.807, 2.05) is 0 Å². The molecule has 0 aliphatic heterocycles. The second-order valence-electron chi connectivity index (χ2n) is 2.06. The minimum absolute atomic E-state index is 0.202. The molecule has 5 nitrogen and oxygen atoms in total. The van der Waals surface area contributed by atoms with Crippen molar-refractivity contribution >= 4 is 16.9 Å². The van der Waals surface area contributed by atoms with E-state index in [9.17, 15) is 0 Å². The van der Waals surface area contributed by atoms with E-state index in [1.54, 1.807) is 0 Å². The molecule has 5 heteroatoms. The molecule has 0 atom stereocenters. The highest BCUT2D eigenvalue weighted by atomic mass is 16.5. The number of aromatic hydroxyl groups is 1. The van der Waals surface area contributed by atoms with Crippen LogP contribution < -0.4 is 5.73 Å². The molecule has 2 heterocycles. The predicted molar refractivity (Wildman–Crippen MR) is 37.9 cm³/mol. The van der Waals surface area contributed by atoms with Gasteiger partial charge < -0.3 is 15.3 Å². The van der Waals surface area contributed by atoms with Gasteiger partial charge in [-0.25, -0.2) is 9.97 Å². The Labute approximate surface area is 61.5 Å². The summed E-state index contributed by atoms with van der Waals surface area (Å²) in [5.74, 6) is 0.103. The van der Waals surface area contributed by atoms with E-state index in [2.05, 4.69) is 9.97 Å². The van der Waals surface area contributed by atoms with E-state index in [4.69, 9.17) is 15.3 Å². The highest BCUT2D eigenvalue weighted by Crippen LogP contribution is 2.24. The number of furan rings is 1. The van der Waals surface area contributed by atoms with Gasteiger partial charge in [0, 0.05) is 6.07 Å². The zero-order valence-corrected chi connectivity index (χ0v) is 5.48. The second-order valence-corrected chi connectivity index (χ2v) is 2.06. The first-order valence-corrected chi connectivity index (χ1v) is 2.96. The summed E-state index contributed by atoms with van der Waals surface area (Å²) in [5, 5.41) is 9.42. The fourth-order valence-electron chi connectivity index (χ4n) is 0.861. The summed E-state index contributed by atoms with van der Waals surface area (Å²) in [4.78, 5) is 7.46. The summed E-state index contributed by atoms with van der Waals surface area (Å²) in [6.07, 6.45) is 1.28. The van der Waals surface area contributed by atoms with E-state index in [0.29, 0.717) is 16.9 Å². The van der Waals surface area contributed by atoms with Crippen molar-refractivity contribution in [2.45, 2.75) is 0 Å². The molecule has 3 N–H and O–H groups in total. The number of aromatic nitrogens is 2. The van der Waals surface area contributed by atoms with E-state index in [-0.39, 0.29) is 5.95 Å². The second kappa shape index (κ2) is 1.85. The largest absolute Gasteiger partial charge is 0.481 e. The Kier molecular flexibility index (Phi) is 1.00. The molecule has 11 heavy (non-hydrogen) atoms. The number of nitrogens with two attached hydrogens (primary N) is 1. The molecule has 0 saturated heterocycles. The Bertz CT molecular complexity index is 396. The molecule has 0 saturated carbocycles. The van der Waals surface area contributed by atoms with Crippen LogP contribution in [0.1, 0.15) is 0 Å². The number of nitrogens with zero attached hydrogens (tertiary/aromatic N) is 2. The maximum Gasteiger partial charge on any atom is 0.284 e. The van der Waals surface area contributed by atoms with Crippen LogP contribution in [-0.4, -0.2) is 15.1 Å². The van der Waals surface area contributed by atoms with Crippen LogP contribution >= 0.6 is 0 Å². The Morgan fingerprint density at radius 3 is 3.00 bits per heavy atom. The Morgan fingerprint density at radius 2 is 2.27 bits per heavy atom. The van der Waals surface area contributed by atoms with E-state index >= 15 is 0 Å². The molecule has 0 spiro atoms. The lowest BCUT2D eigenvalue weighted by molar-refractivity contribution is 0.344. The summed E-state index contributed by atoms with van der Waals surface area (Å²) in [6, 6.07) is 1.38. The Morgan fingerprint density at radius 1 is 1.45 bits per heavy atom. The Hall–Kier alpha value is -1.78. The van der Waals surface area contributed by atoms with Crippen molar-refractivity contribution in [2.75, 3.05) is 5.73 Å². The zero-order valence-electron chi connectivity index (χ0n) is 5.48. The van der Waals surface area contributed by atoms with Crippen molar-refractivity contribution in [3.8, 4) is 5.95 Å². The van der Waals surface area contributed by atoms with Crippen LogP contribution in [0, 0.1) is 0 Å². The molecule has 2 rings (SSSR count). The lowest BCUT2D eigenvalue weighted by atomic mass is 10.4. The van der Waals surface area contributed by atoms with Crippen molar-refractivity contribution < 1.29 is 9.52 Å².